The number of nitrogens with zero attached hydrogens (tertiary/aromatic N) is 2. The molecule has 1 N–H and O–H groups in total. The second kappa shape index (κ2) is 5.81. The molecule has 0 aliphatic carbocycles. The minimum Gasteiger partial charge on any atom is -0.354 e. The lowest BCUT2D eigenvalue weighted by Crippen LogP contribution is -2.05. The molecule has 0 aromatic carbocycles. The summed E-state index contributed by atoms with van der Waals surface area (Å²) in [5.41, 5.74) is 0. The van der Waals surface area contributed by atoms with Gasteiger partial charge in [0.25, 0.3) is 0 Å². The highest BCUT2D eigenvalue weighted by atomic mass is 35.5. The first-order valence-electron chi connectivity index (χ1n) is 4.90. The fraction of sp³-hybridized carbons (Fsp3) is 0.600. The lowest BCUT2D eigenvalue weighted by Gasteiger charge is -2.05. The molecular weight excluding hydrogens is 198 g/mol. The predicted octanol–water partition coefficient (Wildman–Crippen LogP) is 2.98. The Morgan fingerprint density at radius 2 is 2.00 bits per heavy atom. The van der Waals surface area contributed by atoms with Crippen LogP contribution in [0.4, 0.5) is 5.95 Å². The Morgan fingerprint density at radius 1 is 1.36 bits per heavy atom. The minimum atomic E-state index is 0.567. The molecule has 0 aliphatic heterocycles. The molecule has 0 radical (unpaired) electrons. The minimum absolute atomic E-state index is 0.567. The lowest BCUT2D eigenvalue weighted by molar-refractivity contribution is 0.566. The fourth-order valence-electron chi connectivity index (χ4n) is 1.11. The van der Waals surface area contributed by atoms with Gasteiger partial charge in [-0.15, -0.1) is 0 Å². The molecule has 0 saturated heterocycles. The molecule has 0 bridgehead atoms. The summed E-state index contributed by atoms with van der Waals surface area (Å²) in [5.74, 6) is 1.40. The summed E-state index contributed by atoms with van der Waals surface area (Å²) in [6.45, 7) is 5.36. The van der Waals surface area contributed by atoms with Crippen LogP contribution in [-0.2, 0) is 0 Å². The Bertz CT molecular complexity index is 259. The molecular formula is C10H16ClN3. The number of aromatic nitrogens is 2. The highest BCUT2D eigenvalue weighted by molar-refractivity contribution is 6.30. The Labute approximate surface area is 89.9 Å². The van der Waals surface area contributed by atoms with Crippen molar-refractivity contribution in [1.29, 1.82) is 0 Å². The van der Waals surface area contributed by atoms with Crippen molar-refractivity contribution < 1.29 is 0 Å². The van der Waals surface area contributed by atoms with Crippen LogP contribution in [0, 0.1) is 5.92 Å². The average Bonchev–Trinajstić information content (AvgIpc) is 2.15. The van der Waals surface area contributed by atoms with Crippen molar-refractivity contribution in [1.82, 2.24) is 9.97 Å². The third kappa shape index (κ3) is 4.42. The van der Waals surface area contributed by atoms with Gasteiger partial charge in [-0.1, -0.05) is 25.4 Å². The maximum absolute atomic E-state index is 5.66. The topological polar surface area (TPSA) is 37.8 Å². The Balaban J connectivity index is 2.21. The number of hydrogen-bond acceptors (Lipinski definition) is 3. The van der Waals surface area contributed by atoms with E-state index in [4.69, 9.17) is 11.6 Å². The smallest absolute Gasteiger partial charge is 0.222 e. The van der Waals surface area contributed by atoms with Crippen molar-refractivity contribution in [3.63, 3.8) is 0 Å². The Hall–Kier alpha value is -0.830. The van der Waals surface area contributed by atoms with Gasteiger partial charge in [0.15, 0.2) is 0 Å². The van der Waals surface area contributed by atoms with Crippen LogP contribution >= 0.6 is 11.6 Å². The van der Waals surface area contributed by atoms with Crippen molar-refractivity contribution in [3.05, 3.63) is 17.4 Å². The monoisotopic (exact) mass is 213 g/mol. The summed E-state index contributed by atoms with van der Waals surface area (Å²) in [4.78, 5) is 8.08. The fourth-order valence-corrected chi connectivity index (χ4v) is 1.21. The van der Waals surface area contributed by atoms with E-state index in [0.29, 0.717) is 11.0 Å². The van der Waals surface area contributed by atoms with E-state index in [1.54, 1.807) is 12.4 Å². The average molecular weight is 214 g/mol. The van der Waals surface area contributed by atoms with Gasteiger partial charge in [-0.2, -0.15) is 0 Å². The number of anilines is 1. The van der Waals surface area contributed by atoms with Crippen molar-refractivity contribution >= 4 is 17.5 Å². The highest BCUT2D eigenvalue weighted by Gasteiger charge is 1.96. The molecule has 1 rings (SSSR count). The summed E-state index contributed by atoms with van der Waals surface area (Å²) in [5, 5.41) is 3.71. The van der Waals surface area contributed by atoms with Crippen molar-refractivity contribution in [2.45, 2.75) is 26.7 Å². The SMILES string of the molecule is CC(C)CCCNc1ncc(Cl)cn1. The van der Waals surface area contributed by atoms with Gasteiger partial charge in [0.05, 0.1) is 17.4 Å². The van der Waals surface area contributed by atoms with E-state index in [-0.39, 0.29) is 0 Å². The highest BCUT2D eigenvalue weighted by Crippen LogP contribution is 2.07. The van der Waals surface area contributed by atoms with Crippen LogP contribution in [0.3, 0.4) is 0 Å². The van der Waals surface area contributed by atoms with E-state index in [0.717, 1.165) is 18.9 Å². The predicted molar refractivity (Wildman–Crippen MR) is 59.6 cm³/mol. The number of rotatable bonds is 5. The summed E-state index contributed by atoms with van der Waals surface area (Å²) in [7, 11) is 0. The van der Waals surface area contributed by atoms with E-state index >= 15 is 0 Å². The van der Waals surface area contributed by atoms with Gasteiger partial charge in [0.2, 0.25) is 5.95 Å². The third-order valence-corrected chi connectivity index (χ3v) is 2.06. The summed E-state index contributed by atoms with van der Waals surface area (Å²) in [6, 6.07) is 0. The van der Waals surface area contributed by atoms with Crippen molar-refractivity contribution in [2.24, 2.45) is 5.92 Å². The molecule has 0 saturated carbocycles. The van der Waals surface area contributed by atoms with Gasteiger partial charge in [0, 0.05) is 6.54 Å². The van der Waals surface area contributed by atoms with Gasteiger partial charge in [0.1, 0.15) is 0 Å². The van der Waals surface area contributed by atoms with E-state index < -0.39 is 0 Å². The maximum atomic E-state index is 5.66. The zero-order valence-corrected chi connectivity index (χ0v) is 9.38. The molecule has 3 nitrogen and oxygen atoms in total. The van der Waals surface area contributed by atoms with Crippen LogP contribution < -0.4 is 5.32 Å². The molecule has 1 aromatic heterocycles. The largest absolute Gasteiger partial charge is 0.354 e. The first-order valence-corrected chi connectivity index (χ1v) is 5.27. The summed E-state index contributed by atoms with van der Waals surface area (Å²) >= 11 is 5.66. The number of hydrogen-bond donors (Lipinski definition) is 1. The van der Waals surface area contributed by atoms with Crippen LogP contribution in [0.1, 0.15) is 26.7 Å². The van der Waals surface area contributed by atoms with Gasteiger partial charge in [-0.05, 0) is 18.8 Å². The molecule has 0 atom stereocenters. The number of halogens is 1. The molecule has 0 spiro atoms. The lowest BCUT2D eigenvalue weighted by atomic mass is 10.1. The second-order valence-electron chi connectivity index (χ2n) is 3.69. The van der Waals surface area contributed by atoms with Crippen LogP contribution in [0.5, 0.6) is 0 Å². The molecule has 4 heteroatoms. The van der Waals surface area contributed by atoms with Crippen LogP contribution in [0.25, 0.3) is 0 Å². The van der Waals surface area contributed by atoms with Crippen LogP contribution in [0.15, 0.2) is 12.4 Å². The van der Waals surface area contributed by atoms with Gasteiger partial charge >= 0.3 is 0 Å². The third-order valence-electron chi connectivity index (χ3n) is 1.86. The molecule has 14 heavy (non-hydrogen) atoms. The number of nitrogens with one attached hydrogen (secondary N) is 1. The molecule has 0 amide bonds. The van der Waals surface area contributed by atoms with E-state index in [1.165, 1.54) is 6.42 Å². The molecule has 1 aromatic rings. The quantitative estimate of drug-likeness (QED) is 0.765. The molecule has 78 valence electrons. The molecule has 0 aliphatic rings. The normalized spacial score (nSPS) is 10.6. The van der Waals surface area contributed by atoms with E-state index in [9.17, 15) is 0 Å². The second-order valence-corrected chi connectivity index (χ2v) is 4.12. The van der Waals surface area contributed by atoms with E-state index in [2.05, 4.69) is 29.1 Å². The standard InChI is InChI=1S/C10H16ClN3/c1-8(2)4-3-5-12-10-13-6-9(11)7-14-10/h6-8H,3-5H2,1-2H3,(H,12,13,14). The molecule has 0 unspecified atom stereocenters. The summed E-state index contributed by atoms with van der Waals surface area (Å²) < 4.78 is 0. The molecule has 0 fully saturated rings. The Kier molecular flexibility index (Phi) is 4.66. The van der Waals surface area contributed by atoms with Crippen molar-refractivity contribution in [3.8, 4) is 0 Å². The Morgan fingerprint density at radius 3 is 2.57 bits per heavy atom. The van der Waals surface area contributed by atoms with Crippen LogP contribution in [-0.4, -0.2) is 16.5 Å². The van der Waals surface area contributed by atoms with E-state index in [1.807, 2.05) is 0 Å². The van der Waals surface area contributed by atoms with Gasteiger partial charge < -0.3 is 5.32 Å². The molecule has 1 heterocycles. The first kappa shape index (κ1) is 11.2. The summed E-state index contributed by atoms with van der Waals surface area (Å²) in [6.07, 6.45) is 5.56. The van der Waals surface area contributed by atoms with Crippen molar-refractivity contribution in [2.75, 3.05) is 11.9 Å². The van der Waals surface area contributed by atoms with Gasteiger partial charge in [-0.25, -0.2) is 9.97 Å². The van der Waals surface area contributed by atoms with Gasteiger partial charge in [-0.3, -0.25) is 0 Å². The van der Waals surface area contributed by atoms with Crippen LogP contribution in [0.2, 0.25) is 5.02 Å². The maximum Gasteiger partial charge on any atom is 0.222 e. The zero-order chi connectivity index (χ0) is 10.4. The first-order chi connectivity index (χ1) is 6.68. The zero-order valence-electron chi connectivity index (χ0n) is 8.63.